The summed E-state index contributed by atoms with van der Waals surface area (Å²) in [6.07, 6.45) is 0. The third-order valence-electron chi connectivity index (χ3n) is 1.74. The fourth-order valence-corrected chi connectivity index (χ4v) is 1.11. The van der Waals surface area contributed by atoms with Gasteiger partial charge in [0.2, 0.25) is 5.91 Å². The van der Waals surface area contributed by atoms with Crippen LogP contribution in [-0.4, -0.2) is 18.3 Å². The highest BCUT2D eigenvalue weighted by atomic mass is 35.5. The predicted octanol–water partition coefficient (Wildman–Crippen LogP) is 2.53. The first-order valence-electron chi connectivity index (χ1n) is 4.72. The Balaban J connectivity index is 2.63. The minimum atomic E-state index is -0.256. The van der Waals surface area contributed by atoms with Crippen molar-refractivity contribution in [2.45, 2.75) is 0 Å². The third-order valence-corrected chi connectivity index (χ3v) is 1.98. The molecular formula is C11H9ClN4O. The summed E-state index contributed by atoms with van der Waals surface area (Å²) in [4.78, 5) is 13.6. The van der Waals surface area contributed by atoms with Crippen molar-refractivity contribution in [3.63, 3.8) is 0 Å². The highest BCUT2D eigenvalue weighted by Gasteiger charge is 1.98. The van der Waals surface area contributed by atoms with Crippen LogP contribution in [-0.2, 0) is 4.79 Å². The number of halogens is 1. The Hall–Kier alpha value is -2.15. The molecule has 86 valence electrons. The zero-order valence-corrected chi connectivity index (χ0v) is 9.61. The molecule has 0 aliphatic rings. The van der Waals surface area contributed by atoms with Crippen LogP contribution in [0.2, 0.25) is 0 Å². The summed E-state index contributed by atoms with van der Waals surface area (Å²) in [5, 5.41) is 5.90. The van der Waals surface area contributed by atoms with Gasteiger partial charge in [-0.1, -0.05) is 17.0 Å². The van der Waals surface area contributed by atoms with Crippen LogP contribution in [0.3, 0.4) is 0 Å². The van der Waals surface area contributed by atoms with Crippen LogP contribution in [0.1, 0.15) is 5.56 Å². The SMILES string of the molecule is [N-]=[N+]=NCC#Cc1ccc(NC(=O)CCl)cc1. The number of nitrogens with one attached hydrogen (secondary N) is 1. The number of benzene rings is 1. The molecule has 6 heteroatoms. The maximum Gasteiger partial charge on any atom is 0.239 e. The molecule has 1 aromatic carbocycles. The van der Waals surface area contributed by atoms with Gasteiger partial charge in [-0.3, -0.25) is 4.79 Å². The second-order valence-electron chi connectivity index (χ2n) is 2.95. The molecule has 1 amide bonds. The summed E-state index contributed by atoms with van der Waals surface area (Å²) < 4.78 is 0. The smallest absolute Gasteiger partial charge is 0.239 e. The number of anilines is 1. The van der Waals surface area contributed by atoms with Gasteiger partial charge in [0.1, 0.15) is 5.88 Å². The molecule has 0 atom stereocenters. The van der Waals surface area contributed by atoms with Gasteiger partial charge in [-0.15, -0.1) is 11.6 Å². The second kappa shape index (κ2) is 7.18. The molecule has 0 spiro atoms. The van der Waals surface area contributed by atoms with Gasteiger partial charge in [0, 0.05) is 16.2 Å². The lowest BCUT2D eigenvalue weighted by Crippen LogP contribution is -2.12. The van der Waals surface area contributed by atoms with Crippen LogP contribution in [0.5, 0.6) is 0 Å². The highest BCUT2D eigenvalue weighted by Crippen LogP contribution is 2.08. The maximum atomic E-state index is 11.0. The lowest BCUT2D eigenvalue weighted by atomic mass is 10.2. The molecule has 17 heavy (non-hydrogen) atoms. The number of nitrogens with zero attached hydrogens (tertiary/aromatic N) is 3. The Labute approximate surface area is 103 Å². The summed E-state index contributed by atoms with van der Waals surface area (Å²) in [5.41, 5.74) is 9.49. The van der Waals surface area contributed by atoms with Gasteiger partial charge in [-0.2, -0.15) is 0 Å². The normalized spacial score (nSPS) is 8.53. The summed E-state index contributed by atoms with van der Waals surface area (Å²) >= 11 is 5.36. The maximum absolute atomic E-state index is 11.0. The number of azide groups is 1. The average molecular weight is 249 g/mol. The fourth-order valence-electron chi connectivity index (χ4n) is 1.04. The third kappa shape index (κ3) is 4.94. The van der Waals surface area contributed by atoms with E-state index in [2.05, 4.69) is 27.2 Å². The molecule has 0 aliphatic carbocycles. The van der Waals surface area contributed by atoms with Crippen molar-refractivity contribution in [2.75, 3.05) is 17.7 Å². The second-order valence-corrected chi connectivity index (χ2v) is 3.22. The van der Waals surface area contributed by atoms with Crippen molar-refractivity contribution in [1.29, 1.82) is 0 Å². The lowest BCUT2D eigenvalue weighted by molar-refractivity contribution is -0.113. The molecule has 0 saturated carbocycles. The Morgan fingerprint density at radius 1 is 1.47 bits per heavy atom. The van der Waals surface area contributed by atoms with Crippen molar-refractivity contribution in [3.05, 3.63) is 40.3 Å². The molecule has 1 N–H and O–H groups in total. The number of hydrogen-bond donors (Lipinski definition) is 1. The molecule has 0 saturated heterocycles. The van der Waals surface area contributed by atoms with Gasteiger partial charge in [0.05, 0.1) is 6.54 Å². The van der Waals surface area contributed by atoms with E-state index in [1.807, 2.05) is 0 Å². The van der Waals surface area contributed by atoms with Gasteiger partial charge in [-0.05, 0) is 29.8 Å². The van der Waals surface area contributed by atoms with Crippen LogP contribution in [0.25, 0.3) is 10.4 Å². The van der Waals surface area contributed by atoms with E-state index in [0.717, 1.165) is 5.56 Å². The molecule has 0 unspecified atom stereocenters. The molecule has 0 heterocycles. The lowest BCUT2D eigenvalue weighted by Gasteiger charge is -2.01. The first-order valence-corrected chi connectivity index (χ1v) is 5.25. The Bertz CT molecular complexity index is 494. The zero-order chi connectivity index (χ0) is 12.5. The standard InChI is InChI=1S/C11H9ClN4O/c12-8-11(17)15-10-5-3-9(4-6-10)2-1-7-14-16-13/h3-6H,7-8H2,(H,15,17). The van der Waals surface area contributed by atoms with Crippen LogP contribution in [0.4, 0.5) is 5.69 Å². The molecule has 1 aromatic rings. The van der Waals surface area contributed by atoms with Crippen molar-refractivity contribution in [3.8, 4) is 11.8 Å². The van der Waals surface area contributed by atoms with Gasteiger partial charge in [-0.25, -0.2) is 0 Å². The summed E-state index contributed by atoms with van der Waals surface area (Å²) in [7, 11) is 0. The van der Waals surface area contributed by atoms with E-state index < -0.39 is 0 Å². The first-order chi connectivity index (χ1) is 8.26. The molecule has 0 radical (unpaired) electrons. The minimum Gasteiger partial charge on any atom is -0.325 e. The molecule has 1 rings (SSSR count). The molecule has 0 fully saturated rings. The first kappa shape index (κ1) is 12.9. The van der Waals surface area contributed by atoms with Crippen LogP contribution in [0.15, 0.2) is 29.4 Å². The molecular weight excluding hydrogens is 240 g/mol. The Morgan fingerprint density at radius 3 is 2.76 bits per heavy atom. The van der Waals surface area contributed by atoms with E-state index in [9.17, 15) is 4.79 Å². The number of amides is 1. The quantitative estimate of drug-likeness (QED) is 0.288. The number of hydrogen-bond acceptors (Lipinski definition) is 2. The molecule has 0 bridgehead atoms. The van der Waals surface area contributed by atoms with E-state index in [1.54, 1.807) is 24.3 Å². The van der Waals surface area contributed by atoms with E-state index in [0.29, 0.717) is 5.69 Å². The summed E-state index contributed by atoms with van der Waals surface area (Å²) in [6.45, 7) is 0.140. The summed E-state index contributed by atoms with van der Waals surface area (Å²) in [6, 6.07) is 6.96. The number of carbonyl (C=O) groups excluding carboxylic acids is 1. The number of carbonyl (C=O) groups is 1. The largest absolute Gasteiger partial charge is 0.325 e. The van der Waals surface area contributed by atoms with Crippen molar-refractivity contribution >= 4 is 23.2 Å². The number of alkyl halides is 1. The van der Waals surface area contributed by atoms with E-state index in [-0.39, 0.29) is 18.3 Å². The van der Waals surface area contributed by atoms with Crippen molar-refractivity contribution < 1.29 is 4.79 Å². The van der Waals surface area contributed by atoms with E-state index in [4.69, 9.17) is 17.1 Å². The predicted molar refractivity (Wildman–Crippen MR) is 66.7 cm³/mol. The molecule has 0 aliphatic heterocycles. The summed E-state index contributed by atoms with van der Waals surface area (Å²) in [5.74, 6) is 5.18. The van der Waals surface area contributed by atoms with Crippen LogP contribution >= 0.6 is 11.6 Å². The van der Waals surface area contributed by atoms with Gasteiger partial charge >= 0.3 is 0 Å². The Morgan fingerprint density at radius 2 is 2.18 bits per heavy atom. The van der Waals surface area contributed by atoms with Crippen LogP contribution in [0, 0.1) is 11.8 Å². The van der Waals surface area contributed by atoms with Crippen LogP contribution < -0.4 is 5.32 Å². The van der Waals surface area contributed by atoms with Gasteiger partial charge in [0.25, 0.3) is 0 Å². The molecule has 5 nitrogen and oxygen atoms in total. The highest BCUT2D eigenvalue weighted by molar-refractivity contribution is 6.29. The topological polar surface area (TPSA) is 77.9 Å². The Kier molecular flexibility index (Phi) is 5.45. The van der Waals surface area contributed by atoms with E-state index >= 15 is 0 Å². The van der Waals surface area contributed by atoms with E-state index in [1.165, 1.54) is 0 Å². The van der Waals surface area contributed by atoms with Gasteiger partial charge < -0.3 is 5.32 Å². The minimum absolute atomic E-state index is 0.0757. The van der Waals surface area contributed by atoms with Crippen molar-refractivity contribution in [2.24, 2.45) is 5.11 Å². The average Bonchev–Trinajstić information content (AvgIpc) is 2.36. The van der Waals surface area contributed by atoms with Crippen molar-refractivity contribution in [1.82, 2.24) is 0 Å². The molecule has 0 aromatic heterocycles. The number of rotatable bonds is 3. The van der Waals surface area contributed by atoms with Gasteiger partial charge in [0.15, 0.2) is 0 Å². The zero-order valence-electron chi connectivity index (χ0n) is 8.85. The fraction of sp³-hybridized carbons (Fsp3) is 0.182. The monoisotopic (exact) mass is 248 g/mol.